The quantitative estimate of drug-likeness (QED) is 0.472. The van der Waals surface area contributed by atoms with Crippen molar-refractivity contribution < 1.29 is 4.74 Å². The van der Waals surface area contributed by atoms with E-state index in [1.807, 2.05) is 29.2 Å². The van der Waals surface area contributed by atoms with Crippen LogP contribution in [0.3, 0.4) is 0 Å². The first kappa shape index (κ1) is 19.0. The molecule has 148 valence electrons. The molecule has 1 fully saturated rings. The van der Waals surface area contributed by atoms with Gasteiger partial charge in [0.1, 0.15) is 0 Å². The summed E-state index contributed by atoms with van der Waals surface area (Å²) >= 11 is 5.96. The second-order valence-electron chi connectivity index (χ2n) is 6.17. The highest BCUT2D eigenvalue weighted by Gasteiger charge is 2.16. The number of pyridine rings is 1. The number of nitrogens with one attached hydrogen (secondary N) is 2. The van der Waals surface area contributed by atoms with Gasteiger partial charge in [0.05, 0.1) is 19.4 Å². The number of benzene rings is 1. The fraction of sp³-hybridized carbons (Fsp3) is 0.211. The number of aromatic nitrogens is 4. The number of hydrazone groups is 1. The van der Waals surface area contributed by atoms with E-state index in [9.17, 15) is 0 Å². The molecule has 3 heterocycles. The second kappa shape index (κ2) is 9.26. The van der Waals surface area contributed by atoms with Crippen LogP contribution < -0.4 is 15.6 Å². The Morgan fingerprint density at radius 1 is 1.03 bits per heavy atom. The number of halogens is 1. The highest BCUT2D eigenvalue weighted by molar-refractivity contribution is 6.30. The average Bonchev–Trinajstić information content (AvgIpc) is 2.77. The minimum absolute atomic E-state index is 0.332. The van der Waals surface area contributed by atoms with Gasteiger partial charge in [0, 0.05) is 41.8 Å². The summed E-state index contributed by atoms with van der Waals surface area (Å²) in [6.45, 7) is 2.69. The smallest absolute Gasteiger partial charge is 0.250 e. The van der Waals surface area contributed by atoms with E-state index in [4.69, 9.17) is 16.3 Å². The molecule has 0 spiro atoms. The lowest BCUT2D eigenvalue weighted by atomic mass is 10.3. The summed E-state index contributed by atoms with van der Waals surface area (Å²) in [5.74, 6) is 1.29. The molecule has 1 aromatic carbocycles. The number of morpholine rings is 1. The molecule has 29 heavy (non-hydrogen) atoms. The Balaban J connectivity index is 1.56. The predicted octanol–water partition coefficient (Wildman–Crippen LogP) is 2.95. The molecule has 0 atom stereocenters. The van der Waals surface area contributed by atoms with Gasteiger partial charge >= 0.3 is 0 Å². The summed E-state index contributed by atoms with van der Waals surface area (Å²) in [6.07, 6.45) is 5.07. The number of hydrogen-bond donors (Lipinski definition) is 2. The standard InChI is InChI=1S/C19H19ClN8O/c20-15-3-5-16(6-4-15)23-17-24-18(27-22-13-14-2-1-7-21-12-14)26-19(25-17)28-8-10-29-11-9-28/h1-7,12-13H,8-11H2,(H2,23,24,25,26,27). The zero-order valence-corrected chi connectivity index (χ0v) is 16.3. The van der Waals surface area contributed by atoms with Gasteiger partial charge in [-0.25, -0.2) is 5.43 Å². The van der Waals surface area contributed by atoms with Gasteiger partial charge in [-0.05, 0) is 30.3 Å². The topological polar surface area (TPSA) is 100 Å². The maximum Gasteiger partial charge on any atom is 0.250 e. The molecule has 1 aliphatic heterocycles. The van der Waals surface area contributed by atoms with Crippen molar-refractivity contribution in [1.82, 2.24) is 19.9 Å². The van der Waals surface area contributed by atoms with Gasteiger partial charge in [-0.2, -0.15) is 20.1 Å². The Hall–Kier alpha value is -3.30. The van der Waals surface area contributed by atoms with Crippen molar-refractivity contribution >= 4 is 41.3 Å². The molecule has 2 N–H and O–H groups in total. The monoisotopic (exact) mass is 410 g/mol. The number of rotatable bonds is 6. The summed E-state index contributed by atoms with van der Waals surface area (Å²) < 4.78 is 5.42. The molecule has 0 saturated carbocycles. The van der Waals surface area contributed by atoms with Crippen molar-refractivity contribution in [2.45, 2.75) is 0 Å². The predicted molar refractivity (Wildman–Crippen MR) is 113 cm³/mol. The van der Waals surface area contributed by atoms with Crippen LogP contribution in [-0.2, 0) is 4.74 Å². The third-order valence-electron chi connectivity index (χ3n) is 4.08. The molecule has 2 aromatic heterocycles. The fourth-order valence-electron chi connectivity index (χ4n) is 2.65. The minimum atomic E-state index is 0.332. The second-order valence-corrected chi connectivity index (χ2v) is 6.61. The van der Waals surface area contributed by atoms with Crippen molar-refractivity contribution in [2.75, 3.05) is 41.9 Å². The lowest BCUT2D eigenvalue weighted by Gasteiger charge is -2.27. The molecule has 0 unspecified atom stereocenters. The van der Waals surface area contributed by atoms with E-state index in [1.165, 1.54) is 0 Å². The molecule has 0 radical (unpaired) electrons. The first-order valence-electron chi connectivity index (χ1n) is 9.07. The SMILES string of the molecule is Clc1ccc(Nc2nc(NN=Cc3cccnc3)nc(N3CCOCC3)n2)cc1. The fourth-order valence-corrected chi connectivity index (χ4v) is 2.78. The minimum Gasteiger partial charge on any atom is -0.378 e. The van der Waals surface area contributed by atoms with E-state index >= 15 is 0 Å². The number of anilines is 4. The van der Waals surface area contributed by atoms with Crippen LogP contribution in [0.25, 0.3) is 0 Å². The largest absolute Gasteiger partial charge is 0.378 e. The Kier molecular flexibility index (Phi) is 6.08. The van der Waals surface area contributed by atoms with E-state index in [1.54, 1.807) is 30.7 Å². The highest BCUT2D eigenvalue weighted by Crippen LogP contribution is 2.20. The Bertz CT molecular complexity index is 962. The van der Waals surface area contributed by atoms with Gasteiger partial charge in [0.25, 0.3) is 0 Å². The molecule has 10 heteroatoms. The lowest BCUT2D eigenvalue weighted by Crippen LogP contribution is -2.37. The summed E-state index contributed by atoms with van der Waals surface area (Å²) in [6, 6.07) is 11.0. The zero-order chi connectivity index (χ0) is 19.9. The lowest BCUT2D eigenvalue weighted by molar-refractivity contribution is 0.122. The van der Waals surface area contributed by atoms with Crippen LogP contribution in [-0.4, -0.2) is 52.5 Å². The van der Waals surface area contributed by atoms with Crippen LogP contribution in [0.5, 0.6) is 0 Å². The van der Waals surface area contributed by atoms with Crippen LogP contribution in [0, 0.1) is 0 Å². The average molecular weight is 411 g/mol. The van der Waals surface area contributed by atoms with Gasteiger partial charge in [-0.1, -0.05) is 17.7 Å². The molecule has 0 amide bonds. The van der Waals surface area contributed by atoms with Gasteiger partial charge < -0.3 is 15.0 Å². The maximum absolute atomic E-state index is 5.96. The van der Waals surface area contributed by atoms with Crippen molar-refractivity contribution in [3.05, 3.63) is 59.4 Å². The molecule has 0 bridgehead atoms. The molecule has 3 aromatic rings. The Morgan fingerprint density at radius 2 is 1.83 bits per heavy atom. The van der Waals surface area contributed by atoms with Gasteiger partial charge in [-0.15, -0.1) is 0 Å². The molecule has 1 saturated heterocycles. The van der Waals surface area contributed by atoms with Crippen LogP contribution >= 0.6 is 11.6 Å². The van der Waals surface area contributed by atoms with E-state index < -0.39 is 0 Å². The maximum atomic E-state index is 5.96. The first-order chi connectivity index (χ1) is 14.3. The Morgan fingerprint density at radius 3 is 2.59 bits per heavy atom. The van der Waals surface area contributed by atoms with E-state index in [0.717, 1.165) is 11.3 Å². The summed E-state index contributed by atoms with van der Waals surface area (Å²) in [4.78, 5) is 19.6. The van der Waals surface area contributed by atoms with Crippen molar-refractivity contribution in [1.29, 1.82) is 0 Å². The Labute approximate surface area is 172 Å². The number of ether oxygens (including phenoxy) is 1. The molecule has 1 aliphatic rings. The molecular formula is C19H19ClN8O. The van der Waals surface area contributed by atoms with Crippen LogP contribution in [0.4, 0.5) is 23.5 Å². The van der Waals surface area contributed by atoms with E-state index in [-0.39, 0.29) is 0 Å². The highest BCUT2D eigenvalue weighted by atomic mass is 35.5. The summed E-state index contributed by atoms with van der Waals surface area (Å²) in [5.41, 5.74) is 4.55. The molecule has 0 aliphatic carbocycles. The molecular weight excluding hydrogens is 392 g/mol. The third-order valence-corrected chi connectivity index (χ3v) is 4.33. The van der Waals surface area contributed by atoms with Gasteiger partial charge in [-0.3, -0.25) is 4.98 Å². The molecule has 9 nitrogen and oxygen atoms in total. The number of hydrogen-bond acceptors (Lipinski definition) is 9. The van der Waals surface area contributed by atoms with Crippen LogP contribution in [0.2, 0.25) is 5.02 Å². The van der Waals surface area contributed by atoms with E-state index in [0.29, 0.717) is 49.2 Å². The van der Waals surface area contributed by atoms with Crippen molar-refractivity contribution in [3.8, 4) is 0 Å². The summed E-state index contributed by atoms with van der Waals surface area (Å²) in [5, 5.41) is 8.04. The van der Waals surface area contributed by atoms with Gasteiger partial charge in [0.2, 0.25) is 17.8 Å². The molecule has 4 rings (SSSR count). The zero-order valence-electron chi connectivity index (χ0n) is 15.5. The third kappa shape index (κ3) is 5.37. The van der Waals surface area contributed by atoms with Crippen LogP contribution in [0.1, 0.15) is 5.56 Å². The first-order valence-corrected chi connectivity index (χ1v) is 9.44. The van der Waals surface area contributed by atoms with E-state index in [2.05, 4.69) is 35.8 Å². The number of nitrogens with zero attached hydrogens (tertiary/aromatic N) is 6. The van der Waals surface area contributed by atoms with Crippen molar-refractivity contribution in [2.24, 2.45) is 5.10 Å². The van der Waals surface area contributed by atoms with Crippen molar-refractivity contribution in [3.63, 3.8) is 0 Å². The van der Waals surface area contributed by atoms with Crippen LogP contribution in [0.15, 0.2) is 53.9 Å². The normalized spacial score (nSPS) is 14.2. The summed E-state index contributed by atoms with van der Waals surface area (Å²) in [7, 11) is 0. The van der Waals surface area contributed by atoms with Gasteiger partial charge in [0.15, 0.2) is 0 Å².